The van der Waals surface area contributed by atoms with E-state index in [1.54, 1.807) is 7.11 Å². The van der Waals surface area contributed by atoms with Crippen molar-refractivity contribution in [3.05, 3.63) is 11.4 Å². The second kappa shape index (κ2) is 6.81. The average molecular weight is 282 g/mol. The second-order valence-corrected chi connectivity index (χ2v) is 5.04. The number of methoxy groups -OCH3 is 2. The molecule has 1 aliphatic rings. The van der Waals surface area contributed by atoms with Crippen molar-refractivity contribution in [3.63, 3.8) is 0 Å². The van der Waals surface area contributed by atoms with Gasteiger partial charge in [0.15, 0.2) is 5.69 Å². The summed E-state index contributed by atoms with van der Waals surface area (Å²) in [5, 5.41) is 11.6. The zero-order chi connectivity index (χ0) is 14.5. The molecule has 1 aliphatic heterocycles. The highest BCUT2D eigenvalue weighted by atomic mass is 16.5. The lowest BCUT2D eigenvalue weighted by Crippen LogP contribution is -2.22. The molecular weight excluding hydrogens is 260 g/mol. The third kappa shape index (κ3) is 2.99. The lowest BCUT2D eigenvalue weighted by atomic mass is 10.1. The van der Waals surface area contributed by atoms with Crippen molar-refractivity contribution in [2.45, 2.75) is 38.3 Å². The molecule has 0 bridgehead atoms. The summed E-state index contributed by atoms with van der Waals surface area (Å²) in [5.41, 5.74) is 1.15. The van der Waals surface area contributed by atoms with Crippen molar-refractivity contribution in [1.29, 1.82) is 0 Å². The number of rotatable bonds is 6. The van der Waals surface area contributed by atoms with Crippen LogP contribution in [0.25, 0.3) is 0 Å². The van der Waals surface area contributed by atoms with Crippen LogP contribution in [-0.2, 0) is 9.47 Å². The molecule has 0 radical (unpaired) electrons. The first kappa shape index (κ1) is 14.9. The van der Waals surface area contributed by atoms with Crippen LogP contribution < -0.4 is 5.32 Å². The van der Waals surface area contributed by atoms with Crippen molar-refractivity contribution in [2.24, 2.45) is 0 Å². The maximum Gasteiger partial charge on any atom is 0.360 e. The number of carbonyl (C=O) groups excluding carboxylic acids is 1. The van der Waals surface area contributed by atoms with Gasteiger partial charge in [-0.3, -0.25) is 0 Å². The maximum absolute atomic E-state index is 11.9. The number of aromatic nitrogens is 3. The molecule has 0 aliphatic carbocycles. The molecule has 1 fully saturated rings. The summed E-state index contributed by atoms with van der Waals surface area (Å²) in [5.74, 6) is -0.432. The highest BCUT2D eigenvalue weighted by Gasteiger charge is 2.30. The number of nitrogens with one attached hydrogen (secondary N) is 1. The summed E-state index contributed by atoms with van der Waals surface area (Å²) in [4.78, 5) is 11.9. The minimum absolute atomic E-state index is 0.115. The van der Waals surface area contributed by atoms with E-state index in [4.69, 9.17) is 9.47 Å². The van der Waals surface area contributed by atoms with Gasteiger partial charge in [0.1, 0.15) is 0 Å². The van der Waals surface area contributed by atoms with Crippen LogP contribution in [0.2, 0.25) is 0 Å². The van der Waals surface area contributed by atoms with E-state index in [0.717, 1.165) is 31.5 Å². The van der Waals surface area contributed by atoms with Crippen LogP contribution >= 0.6 is 0 Å². The molecule has 1 aromatic rings. The zero-order valence-electron chi connectivity index (χ0n) is 12.3. The van der Waals surface area contributed by atoms with Crippen molar-refractivity contribution < 1.29 is 14.3 Å². The van der Waals surface area contributed by atoms with Crippen molar-refractivity contribution in [1.82, 2.24) is 20.3 Å². The highest BCUT2D eigenvalue weighted by molar-refractivity contribution is 5.88. The smallest absolute Gasteiger partial charge is 0.360 e. The predicted molar refractivity (Wildman–Crippen MR) is 72.5 cm³/mol. The van der Waals surface area contributed by atoms with Gasteiger partial charge in [0, 0.05) is 13.7 Å². The number of ether oxygens (including phenoxy) is 2. The van der Waals surface area contributed by atoms with Crippen LogP contribution in [0.1, 0.15) is 54.5 Å². The monoisotopic (exact) mass is 282 g/mol. The quantitative estimate of drug-likeness (QED) is 0.787. The first-order valence-electron chi connectivity index (χ1n) is 6.94. The van der Waals surface area contributed by atoms with Gasteiger partial charge in [-0.1, -0.05) is 5.21 Å². The molecule has 7 heteroatoms. The molecule has 7 nitrogen and oxygen atoms in total. The zero-order valence-corrected chi connectivity index (χ0v) is 12.3. The molecule has 0 spiro atoms. The van der Waals surface area contributed by atoms with Crippen LogP contribution in [0.5, 0.6) is 0 Å². The summed E-state index contributed by atoms with van der Waals surface area (Å²) in [6.45, 7) is 3.64. The molecule has 2 unspecified atom stereocenters. The Labute approximate surface area is 118 Å². The van der Waals surface area contributed by atoms with Gasteiger partial charge in [-0.2, -0.15) is 0 Å². The third-order valence-electron chi connectivity index (χ3n) is 3.66. The summed E-state index contributed by atoms with van der Waals surface area (Å²) >= 11 is 0. The van der Waals surface area contributed by atoms with E-state index in [2.05, 4.69) is 15.6 Å². The molecule has 2 heterocycles. The molecule has 2 atom stereocenters. The van der Waals surface area contributed by atoms with Crippen molar-refractivity contribution in [2.75, 3.05) is 27.4 Å². The van der Waals surface area contributed by atoms with Crippen LogP contribution in [0.3, 0.4) is 0 Å². The molecule has 1 N–H and O–H groups in total. The minimum atomic E-state index is -0.432. The Hall–Kier alpha value is -1.47. The molecule has 2 rings (SSSR count). The fourth-order valence-electron chi connectivity index (χ4n) is 2.52. The van der Waals surface area contributed by atoms with Gasteiger partial charge in [-0.15, -0.1) is 5.10 Å². The van der Waals surface area contributed by atoms with E-state index >= 15 is 0 Å². The van der Waals surface area contributed by atoms with E-state index in [-0.39, 0.29) is 12.1 Å². The van der Waals surface area contributed by atoms with Crippen molar-refractivity contribution >= 4 is 5.97 Å². The number of nitrogens with zero attached hydrogens (tertiary/aromatic N) is 3. The topological polar surface area (TPSA) is 78.3 Å². The van der Waals surface area contributed by atoms with Crippen molar-refractivity contribution in [3.8, 4) is 0 Å². The average Bonchev–Trinajstić information content (AvgIpc) is 3.11. The summed E-state index contributed by atoms with van der Waals surface area (Å²) < 4.78 is 11.7. The van der Waals surface area contributed by atoms with Crippen LogP contribution in [-0.4, -0.2) is 48.3 Å². The number of carbonyl (C=O) groups is 1. The summed E-state index contributed by atoms with van der Waals surface area (Å²) in [6, 6.07) is 0.238. The van der Waals surface area contributed by atoms with Gasteiger partial charge < -0.3 is 14.8 Å². The van der Waals surface area contributed by atoms with Crippen LogP contribution in [0, 0.1) is 0 Å². The fourth-order valence-corrected chi connectivity index (χ4v) is 2.52. The minimum Gasteiger partial charge on any atom is -0.464 e. The van der Waals surface area contributed by atoms with E-state index in [9.17, 15) is 4.79 Å². The molecule has 0 aromatic carbocycles. The molecule has 0 amide bonds. The van der Waals surface area contributed by atoms with Crippen LogP contribution in [0.4, 0.5) is 0 Å². The number of hydrogen-bond acceptors (Lipinski definition) is 6. The first-order chi connectivity index (χ1) is 9.69. The molecule has 1 saturated heterocycles. The Morgan fingerprint density at radius 3 is 2.95 bits per heavy atom. The Morgan fingerprint density at radius 2 is 2.35 bits per heavy atom. The summed E-state index contributed by atoms with van der Waals surface area (Å²) in [7, 11) is 3.04. The molecule has 1 aromatic heterocycles. The summed E-state index contributed by atoms with van der Waals surface area (Å²) in [6.07, 6.45) is 2.89. The Morgan fingerprint density at radius 1 is 1.55 bits per heavy atom. The Bertz CT molecular complexity index is 454. The highest BCUT2D eigenvalue weighted by Crippen LogP contribution is 2.28. The largest absolute Gasteiger partial charge is 0.464 e. The van der Waals surface area contributed by atoms with Crippen LogP contribution in [0.15, 0.2) is 0 Å². The standard InChI is InChI=1S/C13H22N4O3/c1-9(6-8-19-2)17-12(10-5-4-7-14-10)11(15-16-17)13(18)20-3/h9-10,14H,4-8H2,1-3H3. The van der Waals surface area contributed by atoms with E-state index in [1.807, 2.05) is 11.6 Å². The van der Waals surface area contributed by atoms with Gasteiger partial charge in [-0.25, -0.2) is 9.48 Å². The lowest BCUT2D eigenvalue weighted by Gasteiger charge is -2.18. The van der Waals surface area contributed by atoms with E-state index in [0.29, 0.717) is 12.3 Å². The van der Waals surface area contributed by atoms with Gasteiger partial charge in [-0.05, 0) is 32.7 Å². The SMILES string of the molecule is COCCC(C)n1nnc(C(=O)OC)c1C1CCCN1. The van der Waals surface area contributed by atoms with Gasteiger partial charge in [0.05, 0.1) is 24.9 Å². The molecular formula is C13H22N4O3. The number of esters is 1. The first-order valence-corrected chi connectivity index (χ1v) is 6.94. The maximum atomic E-state index is 11.9. The Balaban J connectivity index is 2.30. The van der Waals surface area contributed by atoms with Gasteiger partial charge >= 0.3 is 5.97 Å². The predicted octanol–water partition coefficient (Wildman–Crippen LogP) is 1.09. The molecule has 0 saturated carbocycles. The lowest BCUT2D eigenvalue weighted by molar-refractivity contribution is 0.0591. The third-order valence-corrected chi connectivity index (χ3v) is 3.66. The molecule has 20 heavy (non-hydrogen) atoms. The fraction of sp³-hybridized carbons (Fsp3) is 0.769. The molecule has 112 valence electrons. The normalized spacial score (nSPS) is 20.1. The number of hydrogen-bond donors (Lipinski definition) is 1. The van der Waals surface area contributed by atoms with Gasteiger partial charge in [0.25, 0.3) is 0 Å². The second-order valence-electron chi connectivity index (χ2n) is 5.04. The Kier molecular flexibility index (Phi) is 5.08. The van der Waals surface area contributed by atoms with E-state index < -0.39 is 5.97 Å². The van der Waals surface area contributed by atoms with E-state index in [1.165, 1.54) is 7.11 Å². The van der Waals surface area contributed by atoms with Gasteiger partial charge in [0.2, 0.25) is 0 Å².